The molecule has 1 amide bonds. The summed E-state index contributed by atoms with van der Waals surface area (Å²) in [5.41, 5.74) is 3.22. The third-order valence-electron chi connectivity index (χ3n) is 7.29. The van der Waals surface area contributed by atoms with Crippen LogP contribution in [0.1, 0.15) is 111 Å². The van der Waals surface area contributed by atoms with Crippen LogP contribution >= 0.6 is 0 Å². The van der Waals surface area contributed by atoms with Gasteiger partial charge in [-0.1, -0.05) is 99.4 Å². The van der Waals surface area contributed by atoms with E-state index >= 15 is 0 Å². The smallest absolute Gasteiger partial charge is 0.222 e. The number of piperazine rings is 1. The van der Waals surface area contributed by atoms with E-state index in [-0.39, 0.29) is 5.91 Å². The number of amides is 1. The SMILES string of the molecule is C#CC.C=CCCN(CCN(CC=C)CCN1CCN(C(=O)CC)CC1)c1cc(C=O)ccc1CC(C)CC.CC.CC.CCC. The van der Waals surface area contributed by atoms with E-state index in [0.29, 0.717) is 12.3 Å². The summed E-state index contributed by atoms with van der Waals surface area (Å²) >= 11 is 0. The molecule has 0 spiro atoms. The van der Waals surface area contributed by atoms with Gasteiger partial charge in [0.15, 0.2) is 0 Å². The number of anilines is 1. The number of carbonyl (C=O) groups excluding carboxylic acids is 2. The van der Waals surface area contributed by atoms with E-state index in [1.54, 1.807) is 6.92 Å². The third-order valence-corrected chi connectivity index (χ3v) is 7.29. The Morgan fingerprint density at radius 3 is 2.04 bits per heavy atom. The van der Waals surface area contributed by atoms with E-state index in [1.807, 2.05) is 57.7 Å². The number of terminal acetylenes is 1. The molecule has 1 heterocycles. The lowest BCUT2D eigenvalue weighted by Crippen LogP contribution is -2.50. The summed E-state index contributed by atoms with van der Waals surface area (Å²) in [5, 5.41) is 0. The molecule has 0 bridgehead atoms. The van der Waals surface area contributed by atoms with Gasteiger partial charge in [0.25, 0.3) is 0 Å². The largest absolute Gasteiger partial charge is 0.370 e. The molecule has 1 aromatic carbocycles. The van der Waals surface area contributed by atoms with Gasteiger partial charge in [-0.05, 0) is 37.3 Å². The molecule has 46 heavy (non-hydrogen) atoms. The van der Waals surface area contributed by atoms with E-state index in [0.717, 1.165) is 96.6 Å². The van der Waals surface area contributed by atoms with E-state index in [1.165, 1.54) is 17.7 Å². The number of aldehydes is 1. The maximum atomic E-state index is 12.0. The molecule has 2 rings (SSSR count). The van der Waals surface area contributed by atoms with Crippen molar-refractivity contribution in [1.82, 2.24) is 14.7 Å². The standard InChI is InChI=1S/C30H48N4O2.C3H8.C3H4.2C2H6/c1-6-10-14-33(29-24-27(25-35)11-12-28(29)23-26(5)8-3)20-17-31(13-7-2)15-16-32-18-21-34(22-19-32)30(36)9-4;2*1-3-2;2*1-2/h6-7,11-12,24-26H,1-2,8-10,13-23H2,3-5H3;3H2,1-2H3;1H,2H3;2*1-2H3. The molecule has 1 fully saturated rings. The highest BCUT2D eigenvalue weighted by Crippen LogP contribution is 2.26. The Morgan fingerprint density at radius 2 is 1.57 bits per heavy atom. The highest BCUT2D eigenvalue weighted by molar-refractivity contribution is 5.78. The summed E-state index contributed by atoms with van der Waals surface area (Å²) < 4.78 is 0. The zero-order valence-electron chi connectivity index (χ0n) is 31.7. The molecule has 1 aliphatic rings. The van der Waals surface area contributed by atoms with E-state index in [9.17, 15) is 9.59 Å². The predicted octanol–water partition coefficient (Wildman–Crippen LogP) is 8.62. The van der Waals surface area contributed by atoms with Gasteiger partial charge in [-0.25, -0.2) is 0 Å². The van der Waals surface area contributed by atoms with Crippen LogP contribution in [0, 0.1) is 18.3 Å². The number of nitrogens with zero attached hydrogens (tertiary/aromatic N) is 4. The van der Waals surface area contributed by atoms with Crippen LogP contribution in [-0.2, 0) is 11.2 Å². The van der Waals surface area contributed by atoms with Gasteiger partial charge in [0, 0.05) is 83.1 Å². The van der Waals surface area contributed by atoms with Gasteiger partial charge in [0.05, 0.1) is 0 Å². The fourth-order valence-corrected chi connectivity index (χ4v) is 4.71. The first-order chi connectivity index (χ1) is 22.3. The summed E-state index contributed by atoms with van der Waals surface area (Å²) in [7, 11) is 0. The molecule has 0 aliphatic carbocycles. The van der Waals surface area contributed by atoms with Gasteiger partial charge in [-0.15, -0.1) is 25.5 Å². The van der Waals surface area contributed by atoms with Crippen molar-refractivity contribution >= 4 is 17.9 Å². The van der Waals surface area contributed by atoms with Gasteiger partial charge in [-0.3, -0.25) is 19.4 Å². The van der Waals surface area contributed by atoms with Gasteiger partial charge < -0.3 is 9.80 Å². The molecule has 1 aliphatic heterocycles. The Morgan fingerprint density at radius 1 is 0.978 bits per heavy atom. The van der Waals surface area contributed by atoms with Crippen LogP contribution in [0.3, 0.4) is 0 Å². The molecule has 6 heteroatoms. The lowest BCUT2D eigenvalue weighted by Gasteiger charge is -2.36. The van der Waals surface area contributed by atoms with E-state index in [4.69, 9.17) is 0 Å². The van der Waals surface area contributed by atoms with Crippen molar-refractivity contribution in [2.75, 3.05) is 70.3 Å². The lowest BCUT2D eigenvalue weighted by atomic mass is 9.96. The summed E-state index contributed by atoms with van der Waals surface area (Å²) in [6.07, 6.45) is 14.4. The molecule has 1 saturated heterocycles. The second-order valence-corrected chi connectivity index (χ2v) is 10.9. The van der Waals surface area contributed by atoms with Gasteiger partial charge in [0.1, 0.15) is 6.29 Å². The molecule has 1 unspecified atom stereocenters. The molecule has 1 aromatic rings. The number of hydrogen-bond donors (Lipinski definition) is 0. The molecule has 1 atom stereocenters. The van der Waals surface area contributed by atoms with Crippen molar-refractivity contribution in [3.05, 3.63) is 54.6 Å². The van der Waals surface area contributed by atoms with Crippen LogP contribution in [0.5, 0.6) is 0 Å². The summed E-state index contributed by atoms with van der Waals surface area (Å²) in [6.45, 7) is 37.3. The Labute approximate surface area is 286 Å². The number of carbonyl (C=O) groups is 2. The normalized spacial score (nSPS) is 12.6. The average molecular weight is 641 g/mol. The Bertz CT molecular complexity index is 932. The van der Waals surface area contributed by atoms with Crippen molar-refractivity contribution in [1.29, 1.82) is 0 Å². The Balaban J connectivity index is -0.00000165. The molecule has 6 nitrogen and oxygen atoms in total. The van der Waals surface area contributed by atoms with E-state index < -0.39 is 0 Å². The first-order valence-electron chi connectivity index (χ1n) is 17.9. The van der Waals surface area contributed by atoms with Crippen molar-refractivity contribution in [2.24, 2.45) is 5.92 Å². The Hall–Kier alpha value is -2.88. The van der Waals surface area contributed by atoms with Crippen LogP contribution in [0.15, 0.2) is 43.5 Å². The molecule has 264 valence electrons. The number of hydrogen-bond acceptors (Lipinski definition) is 5. The summed E-state index contributed by atoms with van der Waals surface area (Å²) in [4.78, 5) is 32.9. The first-order valence-corrected chi connectivity index (χ1v) is 17.9. The molecule has 0 saturated carbocycles. The first kappa shape index (κ1) is 47.5. The fourth-order valence-electron chi connectivity index (χ4n) is 4.71. The molecular formula is C40H72N4O2. The monoisotopic (exact) mass is 641 g/mol. The van der Waals surface area contributed by atoms with Crippen molar-refractivity contribution in [3.8, 4) is 12.3 Å². The van der Waals surface area contributed by atoms with Crippen molar-refractivity contribution in [3.63, 3.8) is 0 Å². The van der Waals surface area contributed by atoms with Crippen LogP contribution in [0.4, 0.5) is 5.69 Å². The van der Waals surface area contributed by atoms with Crippen molar-refractivity contribution in [2.45, 2.75) is 101 Å². The highest BCUT2D eigenvalue weighted by atomic mass is 16.2. The number of rotatable bonds is 17. The van der Waals surface area contributed by atoms with Crippen LogP contribution in [-0.4, -0.2) is 92.3 Å². The minimum Gasteiger partial charge on any atom is -0.370 e. The average Bonchev–Trinajstić information content (AvgIpc) is 3.09. The highest BCUT2D eigenvalue weighted by Gasteiger charge is 2.20. The predicted molar refractivity (Wildman–Crippen MR) is 205 cm³/mol. The second kappa shape index (κ2) is 33.5. The van der Waals surface area contributed by atoms with Crippen LogP contribution < -0.4 is 4.90 Å². The van der Waals surface area contributed by atoms with Crippen LogP contribution in [0.25, 0.3) is 0 Å². The molecular weight excluding hydrogens is 568 g/mol. The molecule has 0 radical (unpaired) electrons. The zero-order chi connectivity index (χ0) is 35.8. The lowest BCUT2D eigenvalue weighted by molar-refractivity contribution is -0.132. The summed E-state index contributed by atoms with van der Waals surface area (Å²) in [5.74, 6) is 3.10. The zero-order valence-corrected chi connectivity index (χ0v) is 31.7. The quantitative estimate of drug-likeness (QED) is 0.0969. The minimum atomic E-state index is 0.258. The van der Waals surface area contributed by atoms with Gasteiger partial charge in [-0.2, -0.15) is 0 Å². The van der Waals surface area contributed by atoms with Crippen molar-refractivity contribution < 1.29 is 9.59 Å². The van der Waals surface area contributed by atoms with Gasteiger partial charge in [0.2, 0.25) is 5.91 Å². The van der Waals surface area contributed by atoms with E-state index in [2.05, 4.69) is 80.0 Å². The van der Waals surface area contributed by atoms with Gasteiger partial charge >= 0.3 is 0 Å². The second-order valence-electron chi connectivity index (χ2n) is 10.9. The minimum absolute atomic E-state index is 0.258. The third kappa shape index (κ3) is 21.8. The fraction of sp³-hybridized carbons (Fsp3) is 0.650. The maximum Gasteiger partial charge on any atom is 0.222 e. The molecule has 0 N–H and O–H groups in total. The maximum absolute atomic E-state index is 12.0. The number of benzene rings is 1. The van der Waals surface area contributed by atoms with Crippen LogP contribution in [0.2, 0.25) is 0 Å². The topological polar surface area (TPSA) is 47.1 Å². The molecule has 0 aromatic heterocycles. The Kier molecular flexibility index (Phi) is 34.6. The summed E-state index contributed by atoms with van der Waals surface area (Å²) in [6, 6.07) is 6.14.